The molecule has 0 unspecified atom stereocenters. The second-order valence-electron chi connectivity index (χ2n) is 6.97. The van der Waals surface area contributed by atoms with Crippen molar-refractivity contribution in [3.05, 3.63) is 82.8 Å². The number of hydrogen-bond acceptors (Lipinski definition) is 6. The molecule has 0 aliphatic carbocycles. The van der Waals surface area contributed by atoms with Crippen LogP contribution < -0.4 is 4.74 Å². The highest BCUT2D eigenvalue weighted by atomic mass is 16.5. The van der Waals surface area contributed by atoms with E-state index in [2.05, 4.69) is 15.0 Å². The zero-order chi connectivity index (χ0) is 21.3. The van der Waals surface area contributed by atoms with Gasteiger partial charge in [0.1, 0.15) is 11.5 Å². The molecule has 0 saturated carbocycles. The Morgan fingerprint density at radius 2 is 1.87 bits per heavy atom. The number of aromatic nitrogens is 2. The quantitative estimate of drug-likeness (QED) is 0.518. The van der Waals surface area contributed by atoms with Gasteiger partial charge in [0, 0.05) is 18.8 Å². The number of aliphatic hydroxyl groups is 1. The van der Waals surface area contributed by atoms with Gasteiger partial charge in [-0.2, -0.15) is 4.98 Å². The lowest BCUT2D eigenvalue weighted by Crippen LogP contribution is -2.13. The lowest BCUT2D eigenvalue weighted by atomic mass is 9.91. The molecule has 3 aromatic rings. The van der Waals surface area contributed by atoms with E-state index in [1.807, 2.05) is 24.3 Å². The van der Waals surface area contributed by atoms with E-state index in [0.717, 1.165) is 16.9 Å². The zero-order valence-corrected chi connectivity index (χ0v) is 16.7. The number of benzene rings is 2. The molecule has 1 atom stereocenters. The topological polar surface area (TPSA) is 89.8 Å². The molecule has 1 aromatic heterocycles. The summed E-state index contributed by atoms with van der Waals surface area (Å²) in [5.41, 5.74) is 2.44. The predicted octanol–water partition coefficient (Wildman–Crippen LogP) is 3.69. The molecular formula is C23H23N3O4. The van der Waals surface area contributed by atoms with Crippen LogP contribution in [-0.2, 0) is 24.1 Å². The van der Waals surface area contributed by atoms with Crippen molar-refractivity contribution in [1.29, 1.82) is 0 Å². The summed E-state index contributed by atoms with van der Waals surface area (Å²) < 4.78 is 10.4. The normalized spacial score (nSPS) is 11.6. The zero-order valence-electron chi connectivity index (χ0n) is 16.7. The summed E-state index contributed by atoms with van der Waals surface area (Å²) in [7, 11) is 1.61. The Morgan fingerprint density at radius 1 is 1.17 bits per heavy atom. The second-order valence-corrected chi connectivity index (χ2v) is 6.97. The van der Waals surface area contributed by atoms with E-state index in [4.69, 9.17) is 20.9 Å². The van der Waals surface area contributed by atoms with Gasteiger partial charge in [-0.15, -0.1) is 0 Å². The Labute approximate surface area is 175 Å². The lowest BCUT2D eigenvalue weighted by Gasteiger charge is -2.13. The van der Waals surface area contributed by atoms with Crippen LogP contribution in [0.2, 0.25) is 0 Å². The van der Waals surface area contributed by atoms with Crippen LogP contribution in [0.15, 0.2) is 53.1 Å². The number of Topliss-reactive ketones (excluding diaryl/α,β-unsaturated/α-hetero) is 1. The van der Waals surface area contributed by atoms with Crippen molar-refractivity contribution in [2.24, 2.45) is 0 Å². The van der Waals surface area contributed by atoms with Crippen LogP contribution in [0.25, 0.3) is 4.85 Å². The Bertz CT molecular complexity index is 1000. The van der Waals surface area contributed by atoms with Crippen molar-refractivity contribution in [2.45, 2.75) is 31.6 Å². The smallest absolute Gasteiger partial charge is 0.228 e. The Hall–Kier alpha value is -3.50. The number of carbonyl (C=O) groups excluding carboxylic acids is 1. The van der Waals surface area contributed by atoms with Gasteiger partial charge in [-0.05, 0) is 29.7 Å². The number of ether oxygens (including phenoxy) is 1. The van der Waals surface area contributed by atoms with Crippen molar-refractivity contribution in [2.75, 3.05) is 13.7 Å². The molecule has 0 aliphatic heterocycles. The standard InChI is InChI=1S/C23H23N3O4/c1-24-19-7-3-17(4-8-19)14-20(28)15-18(23-25-22(11-12-27)30-26-23)13-16-5-9-21(29-2)10-6-16/h3-10,18,27H,11-15H2,2H3/t18-/m1/s1. The van der Waals surface area contributed by atoms with E-state index >= 15 is 0 Å². The van der Waals surface area contributed by atoms with Crippen LogP contribution in [0.3, 0.4) is 0 Å². The second kappa shape index (κ2) is 10.3. The first kappa shape index (κ1) is 21.2. The maximum absolute atomic E-state index is 12.8. The molecule has 0 aliphatic rings. The number of nitrogens with zero attached hydrogens (tertiary/aromatic N) is 3. The lowest BCUT2D eigenvalue weighted by molar-refractivity contribution is -0.118. The molecule has 2 aromatic carbocycles. The van der Waals surface area contributed by atoms with E-state index in [-0.39, 0.29) is 37.6 Å². The third-order valence-corrected chi connectivity index (χ3v) is 4.76. The summed E-state index contributed by atoms with van der Waals surface area (Å²) in [6, 6.07) is 14.7. The predicted molar refractivity (Wildman–Crippen MR) is 111 cm³/mol. The summed E-state index contributed by atoms with van der Waals surface area (Å²) in [5.74, 6) is 1.39. The number of aliphatic hydroxyl groups excluding tert-OH is 1. The summed E-state index contributed by atoms with van der Waals surface area (Å²) in [4.78, 5) is 20.5. The first-order valence-electron chi connectivity index (χ1n) is 9.65. The van der Waals surface area contributed by atoms with E-state index in [0.29, 0.717) is 23.8 Å². The molecule has 0 bridgehead atoms. The Kier molecular flexibility index (Phi) is 7.30. The Balaban J connectivity index is 1.74. The summed E-state index contributed by atoms with van der Waals surface area (Å²) in [6.07, 6.45) is 1.39. The van der Waals surface area contributed by atoms with E-state index in [1.54, 1.807) is 31.4 Å². The molecule has 0 radical (unpaired) electrons. The molecule has 154 valence electrons. The van der Waals surface area contributed by atoms with Gasteiger partial charge >= 0.3 is 0 Å². The molecule has 30 heavy (non-hydrogen) atoms. The van der Waals surface area contributed by atoms with Gasteiger partial charge in [0.15, 0.2) is 11.5 Å². The van der Waals surface area contributed by atoms with Crippen LogP contribution in [-0.4, -0.2) is 34.7 Å². The summed E-state index contributed by atoms with van der Waals surface area (Å²) >= 11 is 0. The van der Waals surface area contributed by atoms with Gasteiger partial charge in [-0.25, -0.2) is 4.85 Å². The number of carbonyl (C=O) groups is 1. The van der Waals surface area contributed by atoms with Crippen LogP contribution in [0.5, 0.6) is 5.75 Å². The molecule has 7 nitrogen and oxygen atoms in total. The van der Waals surface area contributed by atoms with Crippen molar-refractivity contribution in [3.63, 3.8) is 0 Å². The fourth-order valence-electron chi connectivity index (χ4n) is 3.19. The number of methoxy groups -OCH3 is 1. The molecule has 0 saturated heterocycles. The Morgan fingerprint density at radius 3 is 2.50 bits per heavy atom. The van der Waals surface area contributed by atoms with Gasteiger partial charge in [0.2, 0.25) is 5.89 Å². The van der Waals surface area contributed by atoms with Crippen LogP contribution in [0, 0.1) is 6.57 Å². The molecule has 1 N–H and O–H groups in total. The molecule has 0 amide bonds. The minimum atomic E-state index is -0.246. The third kappa shape index (κ3) is 5.75. The van der Waals surface area contributed by atoms with Gasteiger partial charge in [-0.1, -0.05) is 41.6 Å². The maximum Gasteiger partial charge on any atom is 0.228 e. The van der Waals surface area contributed by atoms with E-state index in [1.165, 1.54) is 0 Å². The first-order chi connectivity index (χ1) is 14.6. The number of rotatable bonds is 10. The first-order valence-corrected chi connectivity index (χ1v) is 9.65. The molecule has 7 heteroatoms. The summed E-state index contributed by atoms with van der Waals surface area (Å²) in [5, 5.41) is 13.1. The molecule has 3 rings (SSSR count). The maximum atomic E-state index is 12.8. The molecule has 1 heterocycles. The van der Waals surface area contributed by atoms with Gasteiger partial charge in [0.25, 0.3) is 0 Å². The van der Waals surface area contributed by atoms with E-state index < -0.39 is 0 Å². The average Bonchev–Trinajstić information content (AvgIpc) is 3.23. The highest BCUT2D eigenvalue weighted by molar-refractivity contribution is 5.81. The van der Waals surface area contributed by atoms with Gasteiger partial charge in [-0.3, -0.25) is 4.79 Å². The third-order valence-electron chi connectivity index (χ3n) is 4.76. The molecule has 0 spiro atoms. The highest BCUT2D eigenvalue weighted by Crippen LogP contribution is 2.25. The minimum Gasteiger partial charge on any atom is -0.497 e. The van der Waals surface area contributed by atoms with Crippen molar-refractivity contribution >= 4 is 11.5 Å². The van der Waals surface area contributed by atoms with Crippen LogP contribution in [0.1, 0.15) is 35.2 Å². The van der Waals surface area contributed by atoms with E-state index in [9.17, 15) is 4.79 Å². The van der Waals surface area contributed by atoms with Crippen molar-refractivity contribution in [1.82, 2.24) is 10.1 Å². The van der Waals surface area contributed by atoms with Gasteiger partial charge < -0.3 is 14.4 Å². The number of hydrogen-bond donors (Lipinski definition) is 1. The van der Waals surface area contributed by atoms with Gasteiger partial charge in [0.05, 0.1) is 26.7 Å². The summed E-state index contributed by atoms with van der Waals surface area (Å²) in [6.45, 7) is 6.94. The fourth-order valence-corrected chi connectivity index (χ4v) is 3.19. The van der Waals surface area contributed by atoms with Crippen LogP contribution in [0.4, 0.5) is 5.69 Å². The molecule has 0 fully saturated rings. The largest absolute Gasteiger partial charge is 0.497 e. The number of ketones is 1. The van der Waals surface area contributed by atoms with Crippen molar-refractivity contribution in [3.8, 4) is 5.75 Å². The highest BCUT2D eigenvalue weighted by Gasteiger charge is 2.22. The van der Waals surface area contributed by atoms with Crippen molar-refractivity contribution < 1.29 is 19.2 Å². The monoisotopic (exact) mass is 405 g/mol. The fraction of sp³-hybridized carbons (Fsp3) is 0.304. The van der Waals surface area contributed by atoms with Crippen LogP contribution >= 0.6 is 0 Å². The average molecular weight is 405 g/mol. The SMILES string of the molecule is [C-]#[N+]c1ccc(CC(=O)C[C@@H](Cc2ccc(OC)cc2)c2noc(CCO)n2)cc1. The molecular weight excluding hydrogens is 382 g/mol. The minimum absolute atomic E-state index is 0.0533.